The van der Waals surface area contributed by atoms with E-state index < -0.39 is 97.5 Å². The molecule has 0 aliphatic rings. The maximum atomic E-state index is 13.0. The fourth-order valence-electron chi connectivity index (χ4n) is 9.99. The molecule has 504 valence electrons. The molecule has 5 atom stereocenters. The first-order valence-corrected chi connectivity index (χ1v) is 37.8. The first kappa shape index (κ1) is 83.1. The van der Waals surface area contributed by atoms with Gasteiger partial charge in [0.25, 0.3) is 0 Å². The van der Waals surface area contributed by atoms with Gasteiger partial charge in [0.2, 0.25) is 0 Å². The maximum absolute atomic E-state index is 13.0. The molecule has 0 aromatic heterocycles. The molecule has 19 heteroatoms. The van der Waals surface area contributed by atoms with Gasteiger partial charge >= 0.3 is 39.5 Å². The Kier molecular flexibility index (Phi) is 59.6. The number of carbonyl (C=O) groups excluding carboxylic acids is 4. The number of phosphoric ester groups is 2. The Balaban J connectivity index is 5.13. The predicted molar refractivity (Wildman–Crippen MR) is 340 cm³/mol. The normalized spacial score (nSPS) is 14.1. The lowest BCUT2D eigenvalue weighted by Crippen LogP contribution is -2.30. The number of aliphatic hydroxyl groups is 1. The highest BCUT2D eigenvalue weighted by molar-refractivity contribution is 7.47. The maximum Gasteiger partial charge on any atom is 0.472 e. The molecule has 0 spiro atoms. The van der Waals surface area contributed by atoms with Crippen LogP contribution in [0.25, 0.3) is 0 Å². The standard InChI is InChI=1S/C66H128O17P2/c1-5-9-13-17-20-23-26-28-30-32-34-37-40-44-48-52-65(70)82-61(56-76-63(68)50-46-42-16-12-8-4)58-80-84(72,73)78-54-60(67)55-79-85(74,75)81-59-62(57-77-64(69)51-47-43-39-36-25-22-19-15-11-7-3)83-66(71)53-49-45-41-38-35-33-31-29-27-24-21-18-14-10-6-2/h60-62,67H,5-59H2,1-4H3,(H,72,73)(H,74,75)/t60-,61+,62+/m0/s1. The molecule has 0 saturated heterocycles. The van der Waals surface area contributed by atoms with Crippen molar-refractivity contribution >= 4 is 39.5 Å². The van der Waals surface area contributed by atoms with Crippen molar-refractivity contribution in [1.29, 1.82) is 0 Å². The second-order valence-electron chi connectivity index (χ2n) is 23.9. The van der Waals surface area contributed by atoms with E-state index in [9.17, 15) is 43.2 Å². The van der Waals surface area contributed by atoms with Crippen molar-refractivity contribution in [3.8, 4) is 0 Å². The van der Waals surface area contributed by atoms with Gasteiger partial charge in [-0.15, -0.1) is 0 Å². The number of rotatable bonds is 67. The molecule has 0 rings (SSSR count). The summed E-state index contributed by atoms with van der Waals surface area (Å²) in [7, 11) is -9.88. The summed E-state index contributed by atoms with van der Waals surface area (Å²) in [5.41, 5.74) is 0. The lowest BCUT2D eigenvalue weighted by molar-refractivity contribution is -0.161. The number of ether oxygens (including phenoxy) is 4. The zero-order valence-corrected chi connectivity index (χ0v) is 56.4. The minimum absolute atomic E-state index is 0.107. The molecule has 17 nitrogen and oxygen atoms in total. The Hall–Kier alpha value is -1.94. The van der Waals surface area contributed by atoms with Crippen LogP contribution in [0.5, 0.6) is 0 Å². The highest BCUT2D eigenvalue weighted by Gasteiger charge is 2.30. The van der Waals surface area contributed by atoms with Crippen molar-refractivity contribution < 1.29 is 80.2 Å². The topological polar surface area (TPSA) is 237 Å². The first-order valence-electron chi connectivity index (χ1n) is 34.8. The third-order valence-electron chi connectivity index (χ3n) is 15.4. The molecule has 0 aliphatic carbocycles. The third-order valence-corrected chi connectivity index (χ3v) is 17.3. The van der Waals surface area contributed by atoms with Gasteiger partial charge in [0.15, 0.2) is 12.2 Å². The van der Waals surface area contributed by atoms with Crippen molar-refractivity contribution in [3.63, 3.8) is 0 Å². The van der Waals surface area contributed by atoms with Gasteiger partial charge < -0.3 is 33.8 Å². The molecule has 0 aromatic carbocycles. The van der Waals surface area contributed by atoms with Crippen LogP contribution in [0.2, 0.25) is 0 Å². The van der Waals surface area contributed by atoms with Crippen molar-refractivity contribution in [3.05, 3.63) is 0 Å². The zero-order chi connectivity index (χ0) is 62.6. The second kappa shape index (κ2) is 60.9. The van der Waals surface area contributed by atoms with Crippen LogP contribution in [0, 0.1) is 0 Å². The van der Waals surface area contributed by atoms with E-state index in [1.807, 2.05) is 0 Å². The Labute approximate surface area is 517 Å². The summed E-state index contributed by atoms with van der Waals surface area (Å²) in [5, 5.41) is 10.5. The Bertz CT molecular complexity index is 1640. The van der Waals surface area contributed by atoms with Crippen LogP contribution in [-0.2, 0) is 65.4 Å². The van der Waals surface area contributed by atoms with Crippen LogP contribution in [0.15, 0.2) is 0 Å². The van der Waals surface area contributed by atoms with E-state index >= 15 is 0 Å². The Morgan fingerprint density at radius 1 is 0.282 bits per heavy atom. The number of unbranched alkanes of at least 4 members (excludes halogenated alkanes) is 41. The summed E-state index contributed by atoms with van der Waals surface area (Å²) >= 11 is 0. The summed E-state index contributed by atoms with van der Waals surface area (Å²) in [4.78, 5) is 72.1. The highest BCUT2D eigenvalue weighted by atomic mass is 31.2. The van der Waals surface area contributed by atoms with E-state index in [0.29, 0.717) is 25.7 Å². The van der Waals surface area contributed by atoms with Crippen LogP contribution < -0.4 is 0 Å². The molecular formula is C66H128O17P2. The Morgan fingerprint density at radius 2 is 0.471 bits per heavy atom. The van der Waals surface area contributed by atoms with Crippen LogP contribution in [0.4, 0.5) is 0 Å². The molecule has 85 heavy (non-hydrogen) atoms. The molecular weight excluding hydrogens is 1130 g/mol. The molecule has 2 unspecified atom stereocenters. The molecule has 0 radical (unpaired) electrons. The number of hydrogen-bond donors (Lipinski definition) is 3. The van der Waals surface area contributed by atoms with E-state index in [1.165, 1.54) is 167 Å². The van der Waals surface area contributed by atoms with Gasteiger partial charge in [0, 0.05) is 25.7 Å². The lowest BCUT2D eigenvalue weighted by Gasteiger charge is -2.21. The minimum Gasteiger partial charge on any atom is -0.462 e. The van der Waals surface area contributed by atoms with Gasteiger partial charge in [-0.3, -0.25) is 37.3 Å². The fourth-order valence-corrected chi connectivity index (χ4v) is 11.6. The smallest absolute Gasteiger partial charge is 0.462 e. The first-order chi connectivity index (χ1) is 41.2. The summed E-state index contributed by atoms with van der Waals surface area (Å²) < 4.78 is 67.9. The summed E-state index contributed by atoms with van der Waals surface area (Å²) in [6.45, 7) is 4.83. The molecule has 0 aliphatic heterocycles. The molecule has 0 aromatic rings. The molecule has 0 amide bonds. The molecule has 3 N–H and O–H groups in total. The van der Waals surface area contributed by atoms with Crippen LogP contribution in [-0.4, -0.2) is 96.7 Å². The number of aliphatic hydroxyl groups excluding tert-OH is 1. The van der Waals surface area contributed by atoms with Crippen LogP contribution in [0.3, 0.4) is 0 Å². The second-order valence-corrected chi connectivity index (χ2v) is 26.8. The van der Waals surface area contributed by atoms with Crippen LogP contribution in [0.1, 0.15) is 342 Å². The average Bonchev–Trinajstić information content (AvgIpc) is 3.50. The van der Waals surface area contributed by atoms with Gasteiger partial charge in [-0.25, -0.2) is 9.13 Å². The van der Waals surface area contributed by atoms with Gasteiger partial charge in [0.05, 0.1) is 26.4 Å². The van der Waals surface area contributed by atoms with Crippen molar-refractivity contribution in [2.45, 2.75) is 361 Å². The SMILES string of the molecule is CCCCCCCCCCCCCCCCCC(=O)O[C@H](COC(=O)CCCCCCC)COP(=O)(O)OC[C@H](O)COP(=O)(O)OC[C@@H](COC(=O)CCCCCCCCCCCC)OC(=O)CCCCCCCCCCCCCCCCC. The van der Waals surface area contributed by atoms with E-state index in [4.69, 9.17) is 37.0 Å². The van der Waals surface area contributed by atoms with Crippen molar-refractivity contribution in [1.82, 2.24) is 0 Å². The minimum atomic E-state index is -4.94. The van der Waals surface area contributed by atoms with E-state index in [-0.39, 0.29) is 25.7 Å². The summed E-state index contributed by atoms with van der Waals surface area (Å²) in [5.74, 6) is -2.14. The van der Waals surface area contributed by atoms with E-state index in [0.717, 1.165) is 96.3 Å². The third kappa shape index (κ3) is 60.7. The fraction of sp³-hybridized carbons (Fsp3) is 0.939. The average molecular weight is 1260 g/mol. The largest absolute Gasteiger partial charge is 0.472 e. The molecule has 0 saturated carbocycles. The van der Waals surface area contributed by atoms with Gasteiger partial charge in [0.1, 0.15) is 19.3 Å². The Morgan fingerprint density at radius 3 is 0.694 bits per heavy atom. The molecule has 0 heterocycles. The van der Waals surface area contributed by atoms with Crippen molar-refractivity contribution in [2.75, 3.05) is 39.6 Å². The number of esters is 4. The molecule has 0 bridgehead atoms. The predicted octanol–water partition coefficient (Wildman–Crippen LogP) is 18.7. The van der Waals surface area contributed by atoms with Gasteiger partial charge in [-0.1, -0.05) is 291 Å². The van der Waals surface area contributed by atoms with Gasteiger partial charge in [-0.05, 0) is 25.7 Å². The van der Waals surface area contributed by atoms with E-state index in [1.54, 1.807) is 0 Å². The molecule has 0 fully saturated rings. The number of carbonyl (C=O) groups is 4. The number of phosphoric acid groups is 2. The monoisotopic (exact) mass is 1250 g/mol. The zero-order valence-electron chi connectivity index (χ0n) is 54.6. The lowest BCUT2D eigenvalue weighted by atomic mass is 10.0. The van der Waals surface area contributed by atoms with Gasteiger partial charge in [-0.2, -0.15) is 0 Å². The number of hydrogen-bond acceptors (Lipinski definition) is 15. The quantitative estimate of drug-likeness (QED) is 0.0222. The van der Waals surface area contributed by atoms with E-state index in [2.05, 4.69) is 27.7 Å². The summed E-state index contributed by atoms with van der Waals surface area (Å²) in [6.07, 6.45) is 47.5. The summed E-state index contributed by atoms with van der Waals surface area (Å²) in [6, 6.07) is 0. The van der Waals surface area contributed by atoms with Crippen molar-refractivity contribution in [2.24, 2.45) is 0 Å². The van der Waals surface area contributed by atoms with Crippen LogP contribution >= 0.6 is 15.6 Å². The highest BCUT2D eigenvalue weighted by Crippen LogP contribution is 2.45.